The molecule has 1 aliphatic rings. The summed E-state index contributed by atoms with van der Waals surface area (Å²) < 4.78 is 10.1. The SMILES string of the molecule is CCOC(=O)c1sc2nc([C@H](C)N3CCN(C(=O)OCC)CC3)[nH]c(=O)c2c1C. The highest BCUT2D eigenvalue weighted by Gasteiger charge is 2.27. The maximum absolute atomic E-state index is 12.7. The van der Waals surface area contributed by atoms with Gasteiger partial charge in [-0.25, -0.2) is 14.6 Å². The Morgan fingerprint density at radius 1 is 1.17 bits per heavy atom. The number of thiophene rings is 1. The number of rotatable bonds is 5. The molecule has 1 fully saturated rings. The standard InChI is InChI=1S/C19H26N4O5S/c1-5-27-18(25)14-11(3)13-16(24)20-15(21-17(13)29-14)12(4)22-7-9-23(10-8-22)19(26)28-6-2/h12H,5-10H2,1-4H3,(H,20,21,24)/t12-/m0/s1. The highest BCUT2D eigenvalue weighted by molar-refractivity contribution is 7.20. The minimum atomic E-state index is -0.433. The van der Waals surface area contributed by atoms with Gasteiger partial charge < -0.3 is 19.4 Å². The molecular formula is C19H26N4O5S. The summed E-state index contributed by atoms with van der Waals surface area (Å²) >= 11 is 1.18. The highest BCUT2D eigenvalue weighted by atomic mass is 32.1. The monoisotopic (exact) mass is 422 g/mol. The molecule has 0 saturated carbocycles. The number of ether oxygens (including phenoxy) is 2. The molecule has 2 aromatic heterocycles. The number of fused-ring (bicyclic) bond motifs is 1. The molecule has 1 saturated heterocycles. The number of carbonyl (C=O) groups excluding carboxylic acids is 2. The quantitative estimate of drug-likeness (QED) is 0.737. The fourth-order valence-corrected chi connectivity index (χ4v) is 4.51. The summed E-state index contributed by atoms with van der Waals surface area (Å²) in [5.41, 5.74) is 0.339. The van der Waals surface area contributed by atoms with Crippen molar-refractivity contribution in [1.29, 1.82) is 0 Å². The van der Waals surface area contributed by atoms with Gasteiger partial charge in [0.1, 0.15) is 15.5 Å². The number of hydrogen-bond donors (Lipinski definition) is 1. The van der Waals surface area contributed by atoms with Crippen molar-refractivity contribution in [3.8, 4) is 0 Å². The molecule has 158 valence electrons. The number of H-pyrrole nitrogens is 1. The lowest BCUT2D eigenvalue weighted by Crippen LogP contribution is -2.49. The summed E-state index contributed by atoms with van der Waals surface area (Å²) in [6, 6.07) is -0.134. The van der Waals surface area contributed by atoms with E-state index in [2.05, 4.69) is 14.9 Å². The van der Waals surface area contributed by atoms with Crippen LogP contribution in [0.1, 0.15) is 47.9 Å². The van der Waals surface area contributed by atoms with Crippen molar-refractivity contribution in [3.05, 3.63) is 26.6 Å². The van der Waals surface area contributed by atoms with E-state index in [1.165, 1.54) is 11.3 Å². The predicted molar refractivity (Wildman–Crippen MR) is 110 cm³/mol. The second kappa shape index (κ2) is 8.91. The van der Waals surface area contributed by atoms with Gasteiger partial charge in [0, 0.05) is 26.2 Å². The fourth-order valence-electron chi connectivity index (χ4n) is 3.43. The van der Waals surface area contributed by atoms with E-state index >= 15 is 0 Å². The molecule has 1 aliphatic heterocycles. The molecule has 1 amide bonds. The van der Waals surface area contributed by atoms with Gasteiger partial charge in [-0.05, 0) is 33.3 Å². The summed E-state index contributed by atoms with van der Waals surface area (Å²) in [5.74, 6) is 0.112. The molecule has 0 bridgehead atoms. The number of aryl methyl sites for hydroxylation is 1. The van der Waals surface area contributed by atoms with Gasteiger partial charge in [0.25, 0.3) is 5.56 Å². The van der Waals surface area contributed by atoms with Gasteiger partial charge in [0.15, 0.2) is 0 Å². The van der Waals surface area contributed by atoms with E-state index < -0.39 is 5.97 Å². The lowest BCUT2D eigenvalue weighted by Gasteiger charge is -2.36. The summed E-state index contributed by atoms with van der Waals surface area (Å²) in [7, 11) is 0. The third-order valence-corrected chi connectivity index (χ3v) is 6.23. The molecule has 3 heterocycles. The van der Waals surface area contributed by atoms with Gasteiger partial charge in [-0.3, -0.25) is 9.69 Å². The lowest BCUT2D eigenvalue weighted by atomic mass is 10.2. The van der Waals surface area contributed by atoms with E-state index in [1.54, 1.807) is 25.7 Å². The van der Waals surface area contributed by atoms with E-state index in [0.29, 0.717) is 59.3 Å². The summed E-state index contributed by atoms with van der Waals surface area (Å²) in [6.45, 7) is 10.3. The molecule has 0 aliphatic carbocycles. The molecule has 0 unspecified atom stereocenters. The first-order chi connectivity index (χ1) is 13.9. The Kier molecular flexibility index (Phi) is 6.53. The molecule has 1 atom stereocenters. The molecule has 2 aromatic rings. The molecule has 3 rings (SSSR count). The number of amides is 1. The van der Waals surface area contributed by atoms with Crippen LogP contribution in [0.5, 0.6) is 0 Å². The smallest absolute Gasteiger partial charge is 0.409 e. The summed E-state index contributed by atoms with van der Waals surface area (Å²) in [6.07, 6.45) is -0.298. The third-order valence-electron chi connectivity index (χ3n) is 5.06. The molecule has 0 spiro atoms. The lowest BCUT2D eigenvalue weighted by molar-refractivity contribution is 0.0531. The van der Waals surface area contributed by atoms with E-state index in [9.17, 15) is 14.4 Å². The van der Waals surface area contributed by atoms with Crippen LogP contribution in [0.3, 0.4) is 0 Å². The maximum atomic E-state index is 12.7. The van der Waals surface area contributed by atoms with Crippen LogP contribution >= 0.6 is 11.3 Å². The average molecular weight is 423 g/mol. The van der Waals surface area contributed by atoms with Crippen LogP contribution in [-0.4, -0.2) is 71.2 Å². The number of nitrogens with zero attached hydrogens (tertiary/aromatic N) is 3. The number of carbonyl (C=O) groups is 2. The first-order valence-corrected chi connectivity index (χ1v) is 10.5. The molecule has 9 nitrogen and oxygen atoms in total. The van der Waals surface area contributed by atoms with Crippen molar-refractivity contribution >= 4 is 33.6 Å². The normalized spacial score (nSPS) is 16.1. The maximum Gasteiger partial charge on any atom is 0.409 e. The Balaban J connectivity index is 1.80. The summed E-state index contributed by atoms with van der Waals surface area (Å²) in [4.78, 5) is 49.0. The van der Waals surface area contributed by atoms with Crippen LogP contribution in [0.15, 0.2) is 4.79 Å². The van der Waals surface area contributed by atoms with Gasteiger partial charge in [-0.15, -0.1) is 11.3 Å². The van der Waals surface area contributed by atoms with Crippen molar-refractivity contribution in [1.82, 2.24) is 19.8 Å². The fraction of sp³-hybridized carbons (Fsp3) is 0.579. The Hall–Kier alpha value is -2.46. The number of aromatic amines is 1. The second-order valence-corrected chi connectivity index (χ2v) is 7.80. The number of aromatic nitrogens is 2. The number of piperazine rings is 1. The zero-order chi connectivity index (χ0) is 21.1. The average Bonchev–Trinajstić information content (AvgIpc) is 3.05. The van der Waals surface area contributed by atoms with Crippen molar-refractivity contribution in [3.63, 3.8) is 0 Å². The largest absolute Gasteiger partial charge is 0.462 e. The number of hydrogen-bond acceptors (Lipinski definition) is 8. The van der Waals surface area contributed by atoms with Crippen LogP contribution in [-0.2, 0) is 9.47 Å². The Bertz CT molecular complexity index is 961. The van der Waals surface area contributed by atoms with Crippen LogP contribution in [0.4, 0.5) is 4.79 Å². The first kappa shape index (κ1) is 21.3. The molecule has 29 heavy (non-hydrogen) atoms. The first-order valence-electron chi connectivity index (χ1n) is 9.73. The topological polar surface area (TPSA) is 105 Å². The summed E-state index contributed by atoms with van der Waals surface area (Å²) in [5, 5.41) is 0.432. The van der Waals surface area contributed by atoms with Gasteiger partial charge >= 0.3 is 12.1 Å². The Morgan fingerprint density at radius 2 is 1.83 bits per heavy atom. The third kappa shape index (κ3) is 4.27. The van der Waals surface area contributed by atoms with Gasteiger partial charge in [-0.1, -0.05) is 0 Å². The Morgan fingerprint density at radius 3 is 2.45 bits per heavy atom. The minimum absolute atomic E-state index is 0.134. The number of nitrogens with one attached hydrogen (secondary N) is 1. The van der Waals surface area contributed by atoms with E-state index in [0.717, 1.165) is 0 Å². The van der Waals surface area contributed by atoms with Crippen LogP contribution in [0.25, 0.3) is 10.2 Å². The van der Waals surface area contributed by atoms with E-state index in [1.807, 2.05) is 6.92 Å². The van der Waals surface area contributed by atoms with Crippen LogP contribution in [0.2, 0.25) is 0 Å². The zero-order valence-corrected chi connectivity index (χ0v) is 17.9. The molecular weight excluding hydrogens is 396 g/mol. The minimum Gasteiger partial charge on any atom is -0.462 e. The van der Waals surface area contributed by atoms with Crippen LogP contribution < -0.4 is 5.56 Å². The van der Waals surface area contributed by atoms with Crippen molar-refractivity contribution in [2.24, 2.45) is 0 Å². The second-order valence-electron chi connectivity index (χ2n) is 6.81. The van der Waals surface area contributed by atoms with Crippen molar-refractivity contribution in [2.75, 3.05) is 39.4 Å². The van der Waals surface area contributed by atoms with Gasteiger partial charge in [0.05, 0.1) is 24.6 Å². The Labute approximate surface area is 172 Å². The van der Waals surface area contributed by atoms with Gasteiger partial charge in [0.2, 0.25) is 0 Å². The predicted octanol–water partition coefficient (Wildman–Crippen LogP) is 2.30. The number of esters is 1. The van der Waals surface area contributed by atoms with Crippen molar-refractivity contribution < 1.29 is 19.1 Å². The van der Waals surface area contributed by atoms with E-state index in [4.69, 9.17) is 9.47 Å². The molecule has 1 N–H and O–H groups in total. The zero-order valence-electron chi connectivity index (χ0n) is 17.1. The molecule has 10 heteroatoms. The van der Waals surface area contributed by atoms with Crippen LogP contribution in [0, 0.1) is 6.92 Å². The molecule has 0 aromatic carbocycles. The van der Waals surface area contributed by atoms with Gasteiger partial charge in [-0.2, -0.15) is 0 Å². The highest BCUT2D eigenvalue weighted by Crippen LogP contribution is 2.29. The van der Waals surface area contributed by atoms with Crippen molar-refractivity contribution in [2.45, 2.75) is 33.7 Å². The van der Waals surface area contributed by atoms with E-state index in [-0.39, 0.29) is 24.3 Å². The molecule has 0 radical (unpaired) electrons.